The van der Waals surface area contributed by atoms with Gasteiger partial charge in [-0.15, -0.1) is 11.8 Å². The number of aromatic nitrogens is 1. The molecule has 1 aromatic heterocycles. The second kappa shape index (κ2) is 3.35. The van der Waals surface area contributed by atoms with E-state index in [1.54, 1.807) is 24.2 Å². The first-order valence-corrected chi connectivity index (χ1v) is 4.69. The lowest BCUT2D eigenvalue weighted by Gasteiger charge is -2.18. The molecule has 0 atom stereocenters. The lowest BCUT2D eigenvalue weighted by atomic mass is 10.3. The van der Waals surface area contributed by atoms with Gasteiger partial charge in [-0.1, -0.05) is 20.8 Å². The van der Waals surface area contributed by atoms with Crippen molar-refractivity contribution >= 4 is 17.4 Å². The Morgan fingerprint density at radius 1 is 1.42 bits per heavy atom. The Hall–Kier alpha value is -0.700. The van der Waals surface area contributed by atoms with Gasteiger partial charge in [-0.05, 0) is 6.07 Å². The first-order chi connectivity index (χ1) is 5.49. The highest BCUT2D eigenvalue weighted by Crippen LogP contribution is 2.34. The first-order valence-electron chi connectivity index (χ1n) is 3.87. The lowest BCUT2D eigenvalue weighted by molar-refractivity contribution is 0.803. The maximum absolute atomic E-state index is 5.74. The molecule has 1 rings (SSSR count). The van der Waals surface area contributed by atoms with Crippen LogP contribution in [0.15, 0.2) is 23.4 Å². The third-order valence-electron chi connectivity index (χ3n) is 1.23. The summed E-state index contributed by atoms with van der Waals surface area (Å²) in [5.74, 6) is 0. The van der Waals surface area contributed by atoms with Gasteiger partial charge in [-0.3, -0.25) is 4.98 Å². The molecule has 0 aliphatic heterocycles. The van der Waals surface area contributed by atoms with Crippen molar-refractivity contribution < 1.29 is 0 Å². The number of rotatable bonds is 1. The van der Waals surface area contributed by atoms with Crippen LogP contribution in [0, 0.1) is 0 Å². The molecule has 0 aliphatic rings. The highest BCUT2D eigenvalue weighted by atomic mass is 32.2. The first kappa shape index (κ1) is 9.39. The molecule has 3 heteroatoms. The smallest absolute Gasteiger partial charge is 0.0638 e. The molecule has 0 aromatic carbocycles. The number of hydrogen-bond donors (Lipinski definition) is 1. The number of pyridine rings is 1. The minimum atomic E-state index is 0.204. The van der Waals surface area contributed by atoms with E-state index in [9.17, 15) is 0 Å². The van der Waals surface area contributed by atoms with Crippen molar-refractivity contribution in [2.75, 3.05) is 5.73 Å². The van der Waals surface area contributed by atoms with Gasteiger partial charge in [0.25, 0.3) is 0 Å². The standard InChI is InChI=1S/C9H14N2S/c1-9(2,3)12-8-4-5-11-6-7(8)10/h4-6H,10H2,1-3H3. The Morgan fingerprint density at radius 3 is 2.58 bits per heavy atom. The van der Waals surface area contributed by atoms with Gasteiger partial charge in [0.15, 0.2) is 0 Å². The monoisotopic (exact) mass is 182 g/mol. The zero-order chi connectivity index (χ0) is 9.19. The van der Waals surface area contributed by atoms with Crippen molar-refractivity contribution in [1.82, 2.24) is 4.98 Å². The summed E-state index contributed by atoms with van der Waals surface area (Å²) in [6.45, 7) is 6.49. The molecule has 0 unspecified atom stereocenters. The van der Waals surface area contributed by atoms with E-state index >= 15 is 0 Å². The topological polar surface area (TPSA) is 38.9 Å². The molecule has 66 valence electrons. The van der Waals surface area contributed by atoms with Crippen LogP contribution in [-0.2, 0) is 0 Å². The molecular weight excluding hydrogens is 168 g/mol. The predicted octanol–water partition coefficient (Wildman–Crippen LogP) is 2.55. The third kappa shape index (κ3) is 2.74. The second-order valence-electron chi connectivity index (χ2n) is 3.63. The van der Waals surface area contributed by atoms with Gasteiger partial charge < -0.3 is 5.73 Å². The van der Waals surface area contributed by atoms with Crippen molar-refractivity contribution in [2.24, 2.45) is 0 Å². The summed E-state index contributed by atoms with van der Waals surface area (Å²) in [5, 5.41) is 0. The lowest BCUT2D eigenvalue weighted by Crippen LogP contribution is -2.07. The summed E-state index contributed by atoms with van der Waals surface area (Å²) < 4.78 is 0.204. The third-order valence-corrected chi connectivity index (χ3v) is 2.43. The van der Waals surface area contributed by atoms with Crippen LogP contribution in [0.3, 0.4) is 0 Å². The van der Waals surface area contributed by atoms with E-state index in [-0.39, 0.29) is 4.75 Å². The van der Waals surface area contributed by atoms with Crippen molar-refractivity contribution in [3.8, 4) is 0 Å². The molecule has 1 heterocycles. The maximum atomic E-state index is 5.74. The van der Waals surface area contributed by atoms with E-state index < -0.39 is 0 Å². The molecule has 0 aliphatic carbocycles. The number of nitrogen functional groups attached to an aromatic ring is 1. The maximum Gasteiger partial charge on any atom is 0.0638 e. The second-order valence-corrected chi connectivity index (χ2v) is 5.50. The van der Waals surface area contributed by atoms with Crippen LogP contribution < -0.4 is 5.73 Å². The van der Waals surface area contributed by atoms with Crippen LogP contribution in [0.4, 0.5) is 5.69 Å². The van der Waals surface area contributed by atoms with E-state index in [0.29, 0.717) is 0 Å². The van der Waals surface area contributed by atoms with Crippen LogP contribution in [0.5, 0.6) is 0 Å². The van der Waals surface area contributed by atoms with E-state index in [4.69, 9.17) is 5.73 Å². The molecule has 1 aromatic rings. The Bertz CT molecular complexity index is 265. The normalized spacial score (nSPS) is 11.6. The van der Waals surface area contributed by atoms with Crippen LogP contribution in [0.1, 0.15) is 20.8 Å². The van der Waals surface area contributed by atoms with Crippen LogP contribution in [0.2, 0.25) is 0 Å². The molecule has 2 N–H and O–H groups in total. The van der Waals surface area contributed by atoms with Gasteiger partial charge in [0.2, 0.25) is 0 Å². The molecule has 0 fully saturated rings. The summed E-state index contributed by atoms with van der Waals surface area (Å²) >= 11 is 1.76. The van der Waals surface area contributed by atoms with Gasteiger partial charge in [0.1, 0.15) is 0 Å². The molecule has 0 amide bonds. The summed E-state index contributed by atoms with van der Waals surface area (Å²) in [5.41, 5.74) is 6.51. The van der Waals surface area contributed by atoms with E-state index in [2.05, 4.69) is 25.8 Å². The van der Waals surface area contributed by atoms with Crippen LogP contribution >= 0.6 is 11.8 Å². The van der Waals surface area contributed by atoms with Gasteiger partial charge in [0.05, 0.1) is 11.9 Å². The quantitative estimate of drug-likeness (QED) is 0.678. The average Bonchev–Trinajstić information content (AvgIpc) is 1.91. The fraction of sp³-hybridized carbons (Fsp3) is 0.444. The number of thioether (sulfide) groups is 1. The van der Waals surface area contributed by atoms with E-state index in [1.807, 2.05) is 6.07 Å². The van der Waals surface area contributed by atoms with E-state index in [0.717, 1.165) is 10.6 Å². The number of anilines is 1. The van der Waals surface area contributed by atoms with Gasteiger partial charge in [-0.25, -0.2) is 0 Å². The van der Waals surface area contributed by atoms with E-state index in [1.165, 1.54) is 0 Å². The highest BCUT2D eigenvalue weighted by molar-refractivity contribution is 8.00. The molecule has 0 radical (unpaired) electrons. The summed E-state index contributed by atoms with van der Waals surface area (Å²) in [4.78, 5) is 5.05. The summed E-state index contributed by atoms with van der Waals surface area (Å²) in [6, 6.07) is 1.95. The largest absolute Gasteiger partial charge is 0.397 e. The predicted molar refractivity (Wildman–Crippen MR) is 54.3 cm³/mol. The minimum absolute atomic E-state index is 0.204. The molecule has 0 bridgehead atoms. The van der Waals surface area contributed by atoms with Crippen LogP contribution in [-0.4, -0.2) is 9.73 Å². The van der Waals surface area contributed by atoms with Crippen molar-refractivity contribution in [2.45, 2.75) is 30.4 Å². The average molecular weight is 182 g/mol. The zero-order valence-electron chi connectivity index (χ0n) is 7.66. The molecule has 12 heavy (non-hydrogen) atoms. The fourth-order valence-electron chi connectivity index (χ4n) is 0.817. The summed E-state index contributed by atoms with van der Waals surface area (Å²) in [6.07, 6.45) is 3.46. The Balaban J connectivity index is 2.83. The number of nitrogens with two attached hydrogens (primary N) is 1. The van der Waals surface area contributed by atoms with Crippen LogP contribution in [0.25, 0.3) is 0 Å². The Morgan fingerprint density at radius 2 is 2.08 bits per heavy atom. The molecule has 0 saturated carbocycles. The zero-order valence-corrected chi connectivity index (χ0v) is 8.48. The molecule has 0 spiro atoms. The Labute approximate surface area is 77.6 Å². The number of nitrogens with zero attached hydrogens (tertiary/aromatic N) is 1. The molecular formula is C9H14N2S. The number of hydrogen-bond acceptors (Lipinski definition) is 3. The van der Waals surface area contributed by atoms with Gasteiger partial charge in [-0.2, -0.15) is 0 Å². The highest BCUT2D eigenvalue weighted by Gasteiger charge is 2.13. The molecule has 2 nitrogen and oxygen atoms in total. The fourth-order valence-corrected chi connectivity index (χ4v) is 1.78. The Kier molecular flexibility index (Phi) is 2.62. The summed E-state index contributed by atoms with van der Waals surface area (Å²) in [7, 11) is 0. The van der Waals surface area contributed by atoms with Gasteiger partial charge in [0, 0.05) is 15.8 Å². The van der Waals surface area contributed by atoms with Crippen molar-refractivity contribution in [3.63, 3.8) is 0 Å². The van der Waals surface area contributed by atoms with Crippen molar-refractivity contribution in [3.05, 3.63) is 18.5 Å². The minimum Gasteiger partial charge on any atom is -0.397 e. The SMILES string of the molecule is CC(C)(C)Sc1ccncc1N. The van der Waals surface area contributed by atoms with Crippen molar-refractivity contribution in [1.29, 1.82) is 0 Å². The molecule has 0 saturated heterocycles. The van der Waals surface area contributed by atoms with Gasteiger partial charge >= 0.3 is 0 Å².